The minimum Gasteiger partial charge on any atom is -0.465 e. The highest BCUT2D eigenvalue weighted by atomic mass is 16.5. The van der Waals surface area contributed by atoms with Crippen LogP contribution in [0.5, 0.6) is 0 Å². The van der Waals surface area contributed by atoms with Gasteiger partial charge in [-0.2, -0.15) is 9.61 Å². The summed E-state index contributed by atoms with van der Waals surface area (Å²) in [7, 11) is 1.39. The molecule has 0 spiro atoms. The normalized spacial score (nSPS) is 14.7. The van der Waals surface area contributed by atoms with Gasteiger partial charge < -0.3 is 14.5 Å². The average molecular weight is 352 g/mol. The van der Waals surface area contributed by atoms with Crippen molar-refractivity contribution in [2.24, 2.45) is 0 Å². The van der Waals surface area contributed by atoms with Crippen molar-refractivity contribution in [2.45, 2.75) is 6.92 Å². The van der Waals surface area contributed by atoms with Crippen LogP contribution in [-0.2, 0) is 4.74 Å². The third-order valence-corrected chi connectivity index (χ3v) is 4.64. The van der Waals surface area contributed by atoms with Crippen molar-refractivity contribution in [3.8, 4) is 0 Å². The molecule has 1 fully saturated rings. The van der Waals surface area contributed by atoms with Crippen LogP contribution in [0.4, 0.5) is 11.4 Å². The first kappa shape index (κ1) is 16.3. The van der Waals surface area contributed by atoms with Gasteiger partial charge in [0.15, 0.2) is 0 Å². The zero-order chi connectivity index (χ0) is 18.1. The predicted molar refractivity (Wildman–Crippen MR) is 97.7 cm³/mol. The minimum absolute atomic E-state index is 0.313. The number of hydrogen-bond donors (Lipinski definition) is 0. The fraction of sp³-hybridized carbons (Fsp3) is 0.333. The molecular weight excluding hydrogens is 332 g/mol. The number of carbonyl (C=O) groups is 1. The third-order valence-electron chi connectivity index (χ3n) is 4.64. The maximum atomic E-state index is 11.6. The van der Waals surface area contributed by atoms with Crippen molar-refractivity contribution >= 4 is 23.0 Å². The number of methoxy groups -OCH3 is 1. The molecular formula is C18H20N6O2. The Morgan fingerprint density at radius 3 is 2.46 bits per heavy atom. The van der Waals surface area contributed by atoms with Crippen molar-refractivity contribution < 1.29 is 9.53 Å². The molecule has 1 aliphatic heterocycles. The van der Waals surface area contributed by atoms with Crippen LogP contribution in [0.2, 0.25) is 0 Å². The summed E-state index contributed by atoms with van der Waals surface area (Å²) in [5.74, 6) is -0.313. The summed E-state index contributed by atoms with van der Waals surface area (Å²) in [6, 6.07) is 9.61. The minimum atomic E-state index is -0.313. The van der Waals surface area contributed by atoms with Crippen molar-refractivity contribution in [3.05, 3.63) is 47.9 Å². The second-order valence-corrected chi connectivity index (χ2v) is 6.28. The van der Waals surface area contributed by atoms with Gasteiger partial charge in [0.1, 0.15) is 6.33 Å². The zero-order valence-electron chi connectivity index (χ0n) is 14.8. The molecule has 0 bridgehead atoms. The summed E-state index contributed by atoms with van der Waals surface area (Å²) in [5, 5.41) is 12.6. The van der Waals surface area contributed by atoms with Gasteiger partial charge in [-0.25, -0.2) is 4.79 Å². The van der Waals surface area contributed by atoms with Gasteiger partial charge in [0.2, 0.25) is 5.65 Å². The van der Waals surface area contributed by atoms with E-state index in [1.165, 1.54) is 7.11 Å². The summed E-state index contributed by atoms with van der Waals surface area (Å²) in [6.07, 6.45) is 1.63. The van der Waals surface area contributed by atoms with Crippen LogP contribution in [0, 0.1) is 6.92 Å². The van der Waals surface area contributed by atoms with Crippen LogP contribution in [0.3, 0.4) is 0 Å². The Morgan fingerprint density at radius 2 is 1.77 bits per heavy atom. The highest BCUT2D eigenvalue weighted by molar-refractivity contribution is 5.89. The van der Waals surface area contributed by atoms with Crippen molar-refractivity contribution in [1.82, 2.24) is 19.8 Å². The summed E-state index contributed by atoms with van der Waals surface area (Å²) in [4.78, 5) is 16.2. The quantitative estimate of drug-likeness (QED) is 0.662. The number of anilines is 2. The molecule has 4 rings (SSSR count). The molecule has 0 N–H and O–H groups in total. The zero-order valence-corrected chi connectivity index (χ0v) is 14.8. The molecule has 0 radical (unpaired) electrons. The van der Waals surface area contributed by atoms with Crippen LogP contribution < -0.4 is 9.80 Å². The third kappa shape index (κ3) is 2.94. The Bertz CT molecular complexity index is 929. The van der Waals surface area contributed by atoms with Crippen LogP contribution in [0.15, 0.2) is 36.7 Å². The molecule has 0 unspecified atom stereocenters. The molecule has 1 aliphatic rings. The van der Waals surface area contributed by atoms with Crippen molar-refractivity contribution in [1.29, 1.82) is 0 Å². The first-order chi connectivity index (χ1) is 12.7. The molecule has 8 nitrogen and oxygen atoms in total. The topological polar surface area (TPSA) is 75.9 Å². The molecule has 0 amide bonds. The standard InChI is InChI=1S/C18H20N6O2/c1-13-11-16(17-20-19-12-24(17)21-13)23-9-7-22(8-10-23)15-5-3-14(4-6-15)18(25)26-2/h3-6,11-12H,7-10H2,1-2H3. The first-order valence-corrected chi connectivity index (χ1v) is 8.51. The Morgan fingerprint density at radius 1 is 1.08 bits per heavy atom. The van der Waals surface area contributed by atoms with Crippen LogP contribution in [-0.4, -0.2) is 59.1 Å². The molecule has 0 saturated carbocycles. The number of ether oxygens (including phenoxy) is 1. The van der Waals surface area contributed by atoms with Crippen LogP contribution in [0.25, 0.3) is 5.65 Å². The average Bonchev–Trinajstić information content (AvgIpc) is 3.15. The monoisotopic (exact) mass is 352 g/mol. The van der Waals surface area contributed by atoms with E-state index in [2.05, 4.69) is 31.2 Å². The fourth-order valence-corrected chi connectivity index (χ4v) is 3.30. The smallest absolute Gasteiger partial charge is 0.337 e. The van der Waals surface area contributed by atoms with Gasteiger partial charge >= 0.3 is 5.97 Å². The summed E-state index contributed by atoms with van der Waals surface area (Å²) >= 11 is 0. The summed E-state index contributed by atoms with van der Waals surface area (Å²) in [5.41, 5.74) is 4.46. The van der Waals surface area contributed by atoms with Crippen LogP contribution in [0.1, 0.15) is 16.1 Å². The molecule has 0 atom stereocenters. The van der Waals surface area contributed by atoms with Gasteiger partial charge in [0.25, 0.3) is 0 Å². The molecule has 1 aromatic carbocycles. The lowest BCUT2D eigenvalue weighted by Gasteiger charge is -2.37. The lowest BCUT2D eigenvalue weighted by Crippen LogP contribution is -2.46. The molecule has 3 heterocycles. The number of aromatic nitrogens is 4. The predicted octanol–water partition coefficient (Wildman–Crippen LogP) is 1.55. The molecule has 26 heavy (non-hydrogen) atoms. The molecule has 0 aliphatic carbocycles. The number of fused-ring (bicyclic) bond motifs is 1. The summed E-state index contributed by atoms with van der Waals surface area (Å²) < 4.78 is 6.47. The summed E-state index contributed by atoms with van der Waals surface area (Å²) in [6.45, 7) is 5.51. The van der Waals surface area contributed by atoms with E-state index in [1.807, 2.05) is 19.1 Å². The second-order valence-electron chi connectivity index (χ2n) is 6.28. The molecule has 3 aromatic rings. The van der Waals surface area contributed by atoms with E-state index in [1.54, 1.807) is 23.0 Å². The second kappa shape index (κ2) is 6.62. The van der Waals surface area contributed by atoms with Gasteiger partial charge in [-0.3, -0.25) is 0 Å². The molecule has 134 valence electrons. The van der Waals surface area contributed by atoms with Gasteiger partial charge in [-0.15, -0.1) is 10.2 Å². The first-order valence-electron chi connectivity index (χ1n) is 8.51. The lowest BCUT2D eigenvalue weighted by atomic mass is 10.1. The maximum Gasteiger partial charge on any atom is 0.337 e. The van der Waals surface area contributed by atoms with Crippen LogP contribution >= 0.6 is 0 Å². The highest BCUT2D eigenvalue weighted by Crippen LogP contribution is 2.24. The number of esters is 1. The van der Waals surface area contributed by atoms with E-state index in [9.17, 15) is 4.79 Å². The van der Waals surface area contributed by atoms with E-state index < -0.39 is 0 Å². The number of nitrogens with zero attached hydrogens (tertiary/aromatic N) is 6. The number of hydrogen-bond acceptors (Lipinski definition) is 7. The SMILES string of the molecule is COC(=O)c1ccc(N2CCN(c3cc(C)nn4cnnc34)CC2)cc1. The Hall–Kier alpha value is -3.16. The van der Waals surface area contributed by atoms with E-state index in [-0.39, 0.29) is 5.97 Å². The fourth-order valence-electron chi connectivity index (χ4n) is 3.30. The van der Waals surface area contributed by atoms with E-state index >= 15 is 0 Å². The number of carbonyl (C=O) groups excluding carboxylic acids is 1. The number of benzene rings is 1. The number of aryl methyl sites for hydroxylation is 1. The number of piperazine rings is 1. The van der Waals surface area contributed by atoms with E-state index in [0.29, 0.717) is 5.56 Å². The highest BCUT2D eigenvalue weighted by Gasteiger charge is 2.21. The van der Waals surface area contributed by atoms with Gasteiger partial charge in [0.05, 0.1) is 24.1 Å². The molecule has 8 heteroatoms. The Kier molecular flexibility index (Phi) is 4.16. The van der Waals surface area contributed by atoms with Gasteiger partial charge in [-0.05, 0) is 37.3 Å². The van der Waals surface area contributed by atoms with Crippen molar-refractivity contribution in [2.75, 3.05) is 43.1 Å². The lowest BCUT2D eigenvalue weighted by molar-refractivity contribution is 0.0601. The molecule has 1 saturated heterocycles. The Labute approximate surface area is 151 Å². The Balaban J connectivity index is 1.48. The largest absolute Gasteiger partial charge is 0.465 e. The molecule has 2 aromatic heterocycles. The van der Waals surface area contributed by atoms with Crippen molar-refractivity contribution in [3.63, 3.8) is 0 Å². The van der Waals surface area contributed by atoms with Gasteiger partial charge in [0, 0.05) is 31.9 Å². The van der Waals surface area contributed by atoms with E-state index in [0.717, 1.165) is 48.9 Å². The van der Waals surface area contributed by atoms with Gasteiger partial charge in [-0.1, -0.05) is 0 Å². The number of rotatable bonds is 3. The van der Waals surface area contributed by atoms with E-state index in [4.69, 9.17) is 4.74 Å². The maximum absolute atomic E-state index is 11.6.